The van der Waals surface area contributed by atoms with Gasteiger partial charge < -0.3 is 10.4 Å². The van der Waals surface area contributed by atoms with Crippen LogP contribution < -0.4 is 5.32 Å². The van der Waals surface area contributed by atoms with Gasteiger partial charge in [0, 0.05) is 31.0 Å². The first-order chi connectivity index (χ1) is 10.3. The smallest absolute Gasteiger partial charge is 0.354 e. The Hall–Kier alpha value is -1.49. The molecule has 0 bridgehead atoms. The number of hydrogen-bond donors (Lipinski definition) is 2. The minimum absolute atomic E-state index is 0.212. The fraction of sp³-hybridized carbons (Fsp3) is 0.688. The molecule has 1 aromatic heterocycles. The van der Waals surface area contributed by atoms with Gasteiger partial charge in [0.1, 0.15) is 5.82 Å². The Kier molecular flexibility index (Phi) is 4.48. The van der Waals surface area contributed by atoms with Gasteiger partial charge in [-0.15, -0.1) is 0 Å². The second-order valence-corrected chi connectivity index (χ2v) is 6.13. The number of aromatic nitrogens is 2. The molecule has 0 atom stereocenters. The summed E-state index contributed by atoms with van der Waals surface area (Å²) in [4.78, 5) is 20.7. The molecule has 1 aliphatic heterocycles. The van der Waals surface area contributed by atoms with Gasteiger partial charge in [0.15, 0.2) is 5.69 Å². The van der Waals surface area contributed by atoms with Gasteiger partial charge in [-0.2, -0.15) is 0 Å². The van der Waals surface area contributed by atoms with E-state index in [1.165, 1.54) is 32.1 Å². The summed E-state index contributed by atoms with van der Waals surface area (Å²) in [6.45, 7) is 1.44. The van der Waals surface area contributed by atoms with Gasteiger partial charge >= 0.3 is 5.97 Å². The summed E-state index contributed by atoms with van der Waals surface area (Å²) in [6, 6.07) is 0. The van der Waals surface area contributed by atoms with Gasteiger partial charge in [0.25, 0.3) is 0 Å². The zero-order valence-corrected chi connectivity index (χ0v) is 12.4. The van der Waals surface area contributed by atoms with Crippen molar-refractivity contribution in [2.45, 2.75) is 63.8 Å². The third-order valence-electron chi connectivity index (χ3n) is 4.62. The molecule has 5 nitrogen and oxygen atoms in total. The van der Waals surface area contributed by atoms with Crippen molar-refractivity contribution in [1.82, 2.24) is 15.3 Å². The highest BCUT2D eigenvalue weighted by molar-refractivity contribution is 5.87. The Bertz CT molecular complexity index is 522. The van der Waals surface area contributed by atoms with Crippen LogP contribution in [0.15, 0.2) is 0 Å². The Balaban J connectivity index is 1.94. The number of rotatable bonds is 2. The third kappa shape index (κ3) is 3.23. The molecule has 0 amide bonds. The number of aromatic carboxylic acids is 1. The van der Waals surface area contributed by atoms with Gasteiger partial charge in [-0.25, -0.2) is 14.8 Å². The van der Waals surface area contributed by atoms with Gasteiger partial charge in [-0.1, -0.05) is 32.1 Å². The number of carboxylic acids is 1. The van der Waals surface area contributed by atoms with E-state index >= 15 is 0 Å². The van der Waals surface area contributed by atoms with Crippen LogP contribution >= 0.6 is 0 Å². The van der Waals surface area contributed by atoms with Gasteiger partial charge in [0.05, 0.1) is 5.69 Å². The van der Waals surface area contributed by atoms with Crippen molar-refractivity contribution in [2.24, 2.45) is 0 Å². The van der Waals surface area contributed by atoms with E-state index in [-0.39, 0.29) is 5.69 Å². The number of nitrogens with zero attached hydrogens (tertiary/aromatic N) is 2. The predicted octanol–water partition coefficient (Wildman–Crippen LogP) is 2.65. The standard InChI is InChI=1S/C16H23N3O2/c20-16(21)14-12-10-17-9-8-13(12)18-15(19-14)11-6-4-2-1-3-5-7-11/h11,17H,1-10H2,(H,20,21). The van der Waals surface area contributed by atoms with Crippen LogP contribution in [-0.4, -0.2) is 27.6 Å². The molecular weight excluding hydrogens is 266 g/mol. The maximum Gasteiger partial charge on any atom is 0.354 e. The molecule has 3 rings (SSSR count). The summed E-state index contributed by atoms with van der Waals surface area (Å²) in [7, 11) is 0. The molecule has 2 aliphatic rings. The fourth-order valence-corrected chi connectivity index (χ4v) is 3.44. The SMILES string of the molecule is O=C(O)c1nc(C2CCCCCCC2)nc2c1CNCC2. The number of carboxylic acid groups (broad SMARTS) is 1. The van der Waals surface area contributed by atoms with Crippen molar-refractivity contribution in [3.8, 4) is 0 Å². The Labute approximate surface area is 125 Å². The maximum absolute atomic E-state index is 11.5. The number of fused-ring (bicyclic) bond motifs is 1. The Morgan fingerprint density at radius 3 is 2.52 bits per heavy atom. The molecule has 0 saturated heterocycles. The lowest BCUT2D eigenvalue weighted by Crippen LogP contribution is -2.29. The lowest BCUT2D eigenvalue weighted by Gasteiger charge is -2.23. The lowest BCUT2D eigenvalue weighted by molar-refractivity contribution is 0.0687. The van der Waals surface area contributed by atoms with Crippen LogP contribution in [-0.2, 0) is 13.0 Å². The van der Waals surface area contributed by atoms with Crippen molar-refractivity contribution in [3.63, 3.8) is 0 Å². The van der Waals surface area contributed by atoms with Crippen molar-refractivity contribution in [2.75, 3.05) is 6.54 Å². The van der Waals surface area contributed by atoms with E-state index in [2.05, 4.69) is 10.3 Å². The maximum atomic E-state index is 11.5. The molecule has 114 valence electrons. The van der Waals surface area contributed by atoms with Crippen LogP contribution in [0.3, 0.4) is 0 Å². The number of hydrogen-bond acceptors (Lipinski definition) is 4. The van der Waals surface area contributed by atoms with E-state index < -0.39 is 5.97 Å². The predicted molar refractivity (Wildman–Crippen MR) is 79.5 cm³/mol. The second-order valence-electron chi connectivity index (χ2n) is 6.13. The molecule has 2 heterocycles. The summed E-state index contributed by atoms with van der Waals surface area (Å²) >= 11 is 0. The van der Waals surface area contributed by atoms with E-state index in [4.69, 9.17) is 4.98 Å². The minimum atomic E-state index is -0.926. The molecule has 1 aromatic rings. The summed E-state index contributed by atoms with van der Waals surface area (Å²) < 4.78 is 0. The third-order valence-corrected chi connectivity index (χ3v) is 4.62. The molecular formula is C16H23N3O2. The van der Waals surface area contributed by atoms with E-state index in [0.717, 1.165) is 42.9 Å². The van der Waals surface area contributed by atoms with Crippen molar-refractivity contribution in [3.05, 3.63) is 22.8 Å². The fourth-order valence-electron chi connectivity index (χ4n) is 3.44. The Morgan fingerprint density at radius 1 is 1.10 bits per heavy atom. The van der Waals surface area contributed by atoms with Gasteiger partial charge in [-0.3, -0.25) is 0 Å². The van der Waals surface area contributed by atoms with Crippen LogP contribution in [0.2, 0.25) is 0 Å². The van der Waals surface area contributed by atoms with Crippen LogP contribution in [0.1, 0.15) is 78.4 Å². The molecule has 1 saturated carbocycles. The van der Waals surface area contributed by atoms with E-state index in [1.807, 2.05) is 0 Å². The monoisotopic (exact) mass is 289 g/mol. The topological polar surface area (TPSA) is 75.1 Å². The first kappa shape index (κ1) is 14.4. The van der Waals surface area contributed by atoms with E-state index in [9.17, 15) is 9.90 Å². The minimum Gasteiger partial charge on any atom is -0.476 e. The normalized spacial score (nSPS) is 20.4. The zero-order valence-electron chi connectivity index (χ0n) is 12.4. The van der Waals surface area contributed by atoms with E-state index in [1.54, 1.807) is 0 Å². The average molecular weight is 289 g/mol. The molecule has 5 heteroatoms. The average Bonchev–Trinajstić information content (AvgIpc) is 2.45. The van der Waals surface area contributed by atoms with Crippen LogP contribution in [0, 0.1) is 0 Å². The summed E-state index contributed by atoms with van der Waals surface area (Å²) in [5.74, 6) is 0.183. The molecule has 0 unspecified atom stereocenters. The number of nitrogens with one attached hydrogen (secondary N) is 1. The highest BCUT2D eigenvalue weighted by atomic mass is 16.4. The van der Waals surface area contributed by atoms with Crippen molar-refractivity contribution in [1.29, 1.82) is 0 Å². The largest absolute Gasteiger partial charge is 0.476 e. The molecule has 0 aromatic carbocycles. The van der Waals surface area contributed by atoms with Gasteiger partial charge in [-0.05, 0) is 12.8 Å². The summed E-state index contributed by atoms with van der Waals surface area (Å²) in [5, 5.41) is 12.7. The van der Waals surface area contributed by atoms with Crippen LogP contribution in [0.4, 0.5) is 0 Å². The first-order valence-electron chi connectivity index (χ1n) is 8.09. The molecule has 21 heavy (non-hydrogen) atoms. The summed E-state index contributed by atoms with van der Waals surface area (Å²) in [6.07, 6.45) is 9.27. The quantitative estimate of drug-likeness (QED) is 0.875. The highest BCUT2D eigenvalue weighted by Gasteiger charge is 2.25. The lowest BCUT2D eigenvalue weighted by atomic mass is 9.90. The second kappa shape index (κ2) is 6.52. The zero-order chi connectivity index (χ0) is 14.7. The summed E-state index contributed by atoms with van der Waals surface area (Å²) in [5.41, 5.74) is 1.94. The molecule has 1 fully saturated rings. The van der Waals surface area contributed by atoms with Crippen LogP contribution in [0.5, 0.6) is 0 Å². The molecule has 0 spiro atoms. The Morgan fingerprint density at radius 2 is 1.81 bits per heavy atom. The molecule has 2 N–H and O–H groups in total. The van der Waals surface area contributed by atoms with Crippen molar-refractivity contribution < 1.29 is 9.90 Å². The highest BCUT2D eigenvalue weighted by Crippen LogP contribution is 2.30. The number of carbonyl (C=O) groups is 1. The first-order valence-corrected chi connectivity index (χ1v) is 8.09. The van der Waals surface area contributed by atoms with Gasteiger partial charge in [0.2, 0.25) is 0 Å². The van der Waals surface area contributed by atoms with Crippen LogP contribution in [0.25, 0.3) is 0 Å². The molecule has 1 aliphatic carbocycles. The van der Waals surface area contributed by atoms with Crippen molar-refractivity contribution >= 4 is 5.97 Å². The molecule has 0 radical (unpaired) electrons. The van der Waals surface area contributed by atoms with E-state index in [0.29, 0.717) is 12.5 Å².